The molecule has 0 fully saturated rings. The maximum Gasteiger partial charge on any atom is 0.330 e. The van der Waals surface area contributed by atoms with E-state index in [9.17, 15) is 0 Å². The second-order valence-corrected chi connectivity index (χ2v) is 14.2. The van der Waals surface area contributed by atoms with E-state index in [1.807, 2.05) is 0 Å². The van der Waals surface area contributed by atoms with Gasteiger partial charge in [-0.05, 0) is 0 Å². The molecule has 0 aliphatic rings. The summed E-state index contributed by atoms with van der Waals surface area (Å²) in [6.07, 6.45) is 8.85. The molecule has 0 aliphatic heterocycles. The van der Waals surface area contributed by atoms with Crippen molar-refractivity contribution in [3.8, 4) is 0 Å². The minimum atomic E-state index is -4.17. The third kappa shape index (κ3) is 25.5. The fourth-order valence-corrected chi connectivity index (χ4v) is 11.1. The van der Waals surface area contributed by atoms with Gasteiger partial charge in [-0.2, -0.15) is 8.42 Å². The van der Waals surface area contributed by atoms with Crippen LogP contribution in [0.2, 0.25) is 13.3 Å². The Morgan fingerprint density at radius 2 is 1.11 bits per heavy atom. The number of hydrogen-bond acceptors (Lipinski definition) is 2. The van der Waals surface area contributed by atoms with E-state index in [2.05, 4.69) is 25.9 Å². The zero-order chi connectivity index (χ0) is 14.4. The Morgan fingerprint density at radius 1 is 0.889 bits per heavy atom. The van der Waals surface area contributed by atoms with Crippen molar-refractivity contribution < 1.29 is 13.0 Å². The normalized spacial score (nSPS) is 11.2. The van der Waals surface area contributed by atoms with Crippen molar-refractivity contribution in [2.45, 2.75) is 72.6 Å². The van der Waals surface area contributed by atoms with Crippen LogP contribution in [-0.2, 0) is 10.3 Å². The molecule has 18 heavy (non-hydrogen) atoms. The van der Waals surface area contributed by atoms with Gasteiger partial charge < -0.3 is 0 Å². The first-order valence-corrected chi connectivity index (χ1v) is 14.5. The smallest absolute Gasteiger partial charge is 0.274 e. The van der Waals surface area contributed by atoms with Gasteiger partial charge in [0.2, 0.25) is 0 Å². The summed E-state index contributed by atoms with van der Waals surface area (Å²) >= 11 is -0.839. The molecule has 0 rings (SSSR count). The maximum atomic E-state index is 8.97. The van der Waals surface area contributed by atoms with Gasteiger partial charge in [0.15, 0.2) is 0 Å². The van der Waals surface area contributed by atoms with E-state index < -0.39 is 30.1 Å². The van der Waals surface area contributed by atoms with Crippen molar-refractivity contribution in [3.05, 3.63) is 0 Å². The SMILES string of the molecule is CCC[CH2][Sn]([CH2]CCC)[CH2]CCC.NS(=O)(=O)O. The average Bonchev–Trinajstić information content (AvgIpc) is 2.26. The Hall–Kier alpha value is 0.669. The first-order valence-electron chi connectivity index (χ1n) is 6.93. The number of rotatable bonds is 9. The first kappa shape index (κ1) is 21.0. The van der Waals surface area contributed by atoms with E-state index in [-0.39, 0.29) is 0 Å². The summed E-state index contributed by atoms with van der Waals surface area (Å²) < 4.78 is 30.2. The molecule has 0 saturated heterocycles. The molecule has 3 N–H and O–H groups in total. The van der Waals surface area contributed by atoms with Gasteiger partial charge in [0.1, 0.15) is 0 Å². The standard InChI is InChI=1S/3C4H9.H3NO3S.Sn/c3*1-3-4-2;1-5(2,3)4;/h3*1,3-4H2,2H3;(H3,1,2,3,4);. The van der Waals surface area contributed by atoms with Crippen LogP contribution in [0, 0.1) is 0 Å². The molecule has 0 saturated carbocycles. The summed E-state index contributed by atoms with van der Waals surface area (Å²) in [5, 5.41) is 3.88. The van der Waals surface area contributed by atoms with Crippen molar-refractivity contribution in [1.29, 1.82) is 0 Å². The Morgan fingerprint density at radius 3 is 1.28 bits per heavy atom. The Balaban J connectivity index is 0. The summed E-state index contributed by atoms with van der Waals surface area (Å²) in [6.45, 7) is 7.00. The van der Waals surface area contributed by atoms with Crippen LogP contribution in [0.15, 0.2) is 0 Å². The summed E-state index contributed by atoms with van der Waals surface area (Å²) in [6, 6.07) is 0. The number of unbranched alkanes of at least 4 members (excludes halogenated alkanes) is 3. The van der Waals surface area contributed by atoms with Gasteiger partial charge in [0, 0.05) is 0 Å². The summed E-state index contributed by atoms with van der Waals surface area (Å²) in [5.41, 5.74) is 0. The predicted octanol–water partition coefficient (Wildman–Crippen LogP) is 3.63. The number of hydrogen-bond donors (Lipinski definition) is 2. The Labute approximate surface area is 120 Å². The van der Waals surface area contributed by atoms with Crippen molar-refractivity contribution in [2.75, 3.05) is 0 Å². The summed E-state index contributed by atoms with van der Waals surface area (Å²) in [4.78, 5) is 0. The Kier molecular flexibility index (Phi) is 16.4. The van der Waals surface area contributed by atoms with Crippen molar-refractivity contribution in [3.63, 3.8) is 0 Å². The van der Waals surface area contributed by atoms with E-state index in [0.29, 0.717) is 0 Å². The van der Waals surface area contributed by atoms with Crippen LogP contribution < -0.4 is 5.14 Å². The summed E-state index contributed by atoms with van der Waals surface area (Å²) in [5.74, 6) is 0. The molecule has 0 unspecified atom stereocenters. The molecule has 0 heterocycles. The fourth-order valence-electron chi connectivity index (χ4n) is 1.66. The fraction of sp³-hybridized carbons (Fsp3) is 1.00. The molecule has 0 aromatic rings. The molecule has 0 amide bonds. The molecular weight excluding hydrogens is 357 g/mol. The second kappa shape index (κ2) is 14.1. The van der Waals surface area contributed by atoms with Crippen molar-refractivity contribution in [1.82, 2.24) is 0 Å². The molecule has 0 atom stereocenters. The van der Waals surface area contributed by atoms with E-state index in [4.69, 9.17) is 13.0 Å². The van der Waals surface area contributed by atoms with Crippen LogP contribution >= 0.6 is 0 Å². The van der Waals surface area contributed by atoms with Gasteiger partial charge in [0.25, 0.3) is 0 Å². The van der Waals surface area contributed by atoms with Crippen LogP contribution in [-0.4, -0.2) is 32.7 Å². The molecule has 6 heteroatoms. The third-order valence-corrected chi connectivity index (χ3v) is 11.7. The molecule has 0 aromatic carbocycles. The van der Waals surface area contributed by atoms with E-state index in [0.717, 1.165) is 0 Å². The van der Waals surface area contributed by atoms with Gasteiger partial charge >= 0.3 is 103 Å². The largest absolute Gasteiger partial charge is 0.330 e. The molecule has 0 bridgehead atoms. The van der Waals surface area contributed by atoms with Gasteiger partial charge in [0.05, 0.1) is 0 Å². The zero-order valence-electron chi connectivity index (χ0n) is 12.1. The number of nitrogens with two attached hydrogens (primary N) is 1. The first-order chi connectivity index (χ1) is 8.35. The van der Waals surface area contributed by atoms with Crippen LogP contribution in [0.25, 0.3) is 0 Å². The van der Waals surface area contributed by atoms with E-state index >= 15 is 0 Å². The third-order valence-electron chi connectivity index (χ3n) is 2.65. The minimum Gasteiger partial charge on any atom is -0.274 e. The minimum absolute atomic E-state index is 0.839. The van der Waals surface area contributed by atoms with Crippen molar-refractivity contribution >= 4 is 30.1 Å². The van der Waals surface area contributed by atoms with Crippen LogP contribution in [0.3, 0.4) is 0 Å². The molecule has 0 aromatic heterocycles. The molecule has 111 valence electrons. The molecule has 4 nitrogen and oxygen atoms in total. The second-order valence-electron chi connectivity index (χ2n) is 4.58. The zero-order valence-corrected chi connectivity index (χ0v) is 15.8. The van der Waals surface area contributed by atoms with Crippen molar-refractivity contribution in [2.24, 2.45) is 5.14 Å². The van der Waals surface area contributed by atoms with Gasteiger partial charge in [-0.3, -0.25) is 4.55 Å². The molecular formula is C12H30NO3SSn. The average molecular weight is 387 g/mol. The van der Waals surface area contributed by atoms with Crippen LogP contribution in [0.1, 0.15) is 59.3 Å². The molecule has 0 aliphatic carbocycles. The van der Waals surface area contributed by atoms with Crippen LogP contribution in [0.4, 0.5) is 0 Å². The van der Waals surface area contributed by atoms with Gasteiger partial charge in [-0.15, -0.1) is 0 Å². The van der Waals surface area contributed by atoms with Gasteiger partial charge in [-0.25, -0.2) is 5.14 Å². The summed E-state index contributed by atoms with van der Waals surface area (Å²) in [7, 11) is -4.17. The monoisotopic (exact) mass is 388 g/mol. The molecule has 0 spiro atoms. The van der Waals surface area contributed by atoms with Gasteiger partial charge in [-0.1, -0.05) is 0 Å². The maximum absolute atomic E-state index is 8.97. The predicted molar refractivity (Wildman–Crippen MR) is 80.6 cm³/mol. The van der Waals surface area contributed by atoms with Crippen LogP contribution in [0.5, 0.6) is 0 Å². The Bertz CT molecular complexity index is 231. The quantitative estimate of drug-likeness (QED) is 0.469. The van der Waals surface area contributed by atoms with E-state index in [1.54, 1.807) is 13.3 Å². The molecule has 1 radical (unpaired) electrons. The van der Waals surface area contributed by atoms with E-state index in [1.165, 1.54) is 38.5 Å². The topological polar surface area (TPSA) is 80.4 Å².